The first kappa shape index (κ1) is 29.8. The monoisotopic (exact) mass is 610 g/mol. The van der Waals surface area contributed by atoms with Crippen LogP contribution in [0.1, 0.15) is 11.1 Å². The number of halogens is 1. The molecular weight excluding hydrogens is 588 g/mol. The van der Waals surface area contributed by atoms with E-state index < -0.39 is 11.9 Å². The SMILES string of the molecule is CO.CO.O=C(O)Cc1cc(-c2cccs2)sc1-c1ccc(-c2sc(-c3ccc(F)s3)cc2CC(=O)O)s1. The summed E-state index contributed by atoms with van der Waals surface area (Å²) in [5, 5.41) is 34.6. The highest BCUT2D eigenvalue weighted by Gasteiger charge is 2.20. The van der Waals surface area contributed by atoms with Gasteiger partial charge in [0.05, 0.1) is 12.8 Å². The first-order valence-corrected chi connectivity index (χ1v) is 15.0. The maximum Gasteiger partial charge on any atom is 0.307 e. The summed E-state index contributed by atoms with van der Waals surface area (Å²) in [7, 11) is 2.00. The van der Waals surface area contributed by atoms with E-state index in [0.717, 1.165) is 70.1 Å². The van der Waals surface area contributed by atoms with Gasteiger partial charge in [-0.15, -0.1) is 56.7 Å². The van der Waals surface area contributed by atoms with Gasteiger partial charge in [-0.3, -0.25) is 9.59 Å². The smallest absolute Gasteiger partial charge is 0.307 e. The molecule has 5 heterocycles. The number of hydrogen-bond donors (Lipinski definition) is 4. The van der Waals surface area contributed by atoms with Crippen molar-refractivity contribution in [2.24, 2.45) is 0 Å². The van der Waals surface area contributed by atoms with Gasteiger partial charge in [0.2, 0.25) is 0 Å². The van der Waals surface area contributed by atoms with Crippen molar-refractivity contribution < 1.29 is 34.4 Å². The predicted octanol–water partition coefficient (Wildman–Crippen LogP) is 7.27. The lowest BCUT2D eigenvalue weighted by molar-refractivity contribution is -0.137. The summed E-state index contributed by atoms with van der Waals surface area (Å²) in [4.78, 5) is 30.3. The van der Waals surface area contributed by atoms with Crippen LogP contribution in [0, 0.1) is 5.13 Å². The lowest BCUT2D eigenvalue weighted by Crippen LogP contribution is -1.99. The van der Waals surface area contributed by atoms with E-state index in [1.807, 2.05) is 41.8 Å². The summed E-state index contributed by atoms with van der Waals surface area (Å²) in [6.07, 6.45) is -0.194. The molecular formula is C26H23FO6S5. The number of carboxylic acids is 2. The highest BCUT2D eigenvalue weighted by Crippen LogP contribution is 2.47. The number of thiophene rings is 5. The fourth-order valence-electron chi connectivity index (χ4n) is 3.55. The molecule has 5 aromatic rings. The fraction of sp³-hybridized carbons (Fsp3) is 0.154. The summed E-state index contributed by atoms with van der Waals surface area (Å²) in [6, 6.07) is 14.8. The van der Waals surface area contributed by atoms with Crippen LogP contribution in [0.2, 0.25) is 0 Å². The highest BCUT2D eigenvalue weighted by atomic mass is 32.1. The van der Waals surface area contributed by atoms with Crippen LogP contribution in [0.4, 0.5) is 4.39 Å². The number of aliphatic hydroxyl groups excluding tert-OH is 2. The molecule has 200 valence electrons. The Kier molecular flexibility index (Phi) is 10.9. The topological polar surface area (TPSA) is 115 Å². The van der Waals surface area contributed by atoms with E-state index in [4.69, 9.17) is 10.2 Å². The summed E-state index contributed by atoms with van der Waals surface area (Å²) < 4.78 is 13.6. The van der Waals surface area contributed by atoms with Crippen LogP contribution in [-0.2, 0) is 22.4 Å². The van der Waals surface area contributed by atoms with Gasteiger partial charge in [0.15, 0.2) is 5.13 Å². The molecule has 5 aromatic heterocycles. The van der Waals surface area contributed by atoms with Gasteiger partial charge < -0.3 is 20.4 Å². The molecule has 0 aliphatic carbocycles. The zero-order chi connectivity index (χ0) is 27.8. The van der Waals surface area contributed by atoms with E-state index in [0.29, 0.717) is 5.56 Å². The van der Waals surface area contributed by atoms with Crippen molar-refractivity contribution in [1.82, 2.24) is 0 Å². The van der Waals surface area contributed by atoms with E-state index in [1.54, 1.807) is 28.7 Å². The molecule has 0 saturated carbocycles. The average molecular weight is 611 g/mol. The Bertz CT molecular complexity index is 1490. The van der Waals surface area contributed by atoms with E-state index in [2.05, 4.69) is 0 Å². The quantitative estimate of drug-likeness (QED) is 0.147. The van der Waals surface area contributed by atoms with Gasteiger partial charge >= 0.3 is 11.9 Å². The Balaban J connectivity index is 0.000000956. The van der Waals surface area contributed by atoms with Crippen LogP contribution in [0.5, 0.6) is 0 Å². The fourth-order valence-corrected chi connectivity index (χ4v) is 8.85. The minimum atomic E-state index is -0.928. The number of aliphatic hydroxyl groups is 2. The molecule has 38 heavy (non-hydrogen) atoms. The molecule has 12 heteroatoms. The Morgan fingerprint density at radius 2 is 1.16 bits per heavy atom. The molecule has 0 spiro atoms. The molecule has 0 saturated heterocycles. The van der Waals surface area contributed by atoms with E-state index in [1.165, 1.54) is 28.7 Å². The minimum absolute atomic E-state index is 0.0677. The molecule has 0 aromatic carbocycles. The van der Waals surface area contributed by atoms with Crippen LogP contribution in [0.15, 0.2) is 53.9 Å². The van der Waals surface area contributed by atoms with Crippen molar-refractivity contribution >= 4 is 68.6 Å². The molecule has 0 amide bonds. The van der Waals surface area contributed by atoms with Gasteiger partial charge in [0.1, 0.15) is 0 Å². The molecule has 0 atom stereocenters. The molecule has 0 unspecified atom stereocenters. The lowest BCUT2D eigenvalue weighted by atomic mass is 10.1. The van der Waals surface area contributed by atoms with Gasteiger partial charge in [-0.1, -0.05) is 6.07 Å². The largest absolute Gasteiger partial charge is 0.481 e. The number of rotatable bonds is 8. The molecule has 0 aliphatic heterocycles. The first-order valence-electron chi connectivity index (χ1n) is 10.9. The predicted molar refractivity (Wildman–Crippen MR) is 156 cm³/mol. The van der Waals surface area contributed by atoms with Gasteiger partial charge in [-0.2, -0.15) is 4.39 Å². The third kappa shape index (κ3) is 7.03. The van der Waals surface area contributed by atoms with Gasteiger partial charge in [-0.25, -0.2) is 0 Å². The lowest BCUT2D eigenvalue weighted by Gasteiger charge is -1.99. The summed E-state index contributed by atoms with van der Waals surface area (Å²) >= 11 is 7.18. The van der Waals surface area contributed by atoms with E-state index in [-0.39, 0.29) is 18.0 Å². The highest BCUT2D eigenvalue weighted by molar-refractivity contribution is 7.29. The van der Waals surface area contributed by atoms with Crippen LogP contribution in [0.3, 0.4) is 0 Å². The second kappa shape index (κ2) is 13.9. The second-order valence-corrected chi connectivity index (χ2v) is 12.5. The van der Waals surface area contributed by atoms with Crippen LogP contribution in [-0.4, -0.2) is 46.6 Å². The Labute approximate surface area is 238 Å². The van der Waals surface area contributed by atoms with Gasteiger partial charge in [-0.05, 0) is 59.0 Å². The number of carboxylic acid groups (broad SMARTS) is 2. The van der Waals surface area contributed by atoms with Crippen molar-refractivity contribution in [1.29, 1.82) is 0 Å². The third-order valence-corrected chi connectivity index (χ3v) is 10.9. The van der Waals surface area contributed by atoms with Crippen molar-refractivity contribution in [2.45, 2.75) is 12.8 Å². The summed E-state index contributed by atoms with van der Waals surface area (Å²) in [5.74, 6) is -1.81. The number of carbonyl (C=O) groups is 2. The Morgan fingerprint density at radius 1 is 0.658 bits per heavy atom. The van der Waals surface area contributed by atoms with Gasteiger partial charge in [0, 0.05) is 53.2 Å². The summed E-state index contributed by atoms with van der Waals surface area (Å²) in [5.41, 5.74) is 1.45. The van der Waals surface area contributed by atoms with Crippen molar-refractivity contribution in [3.8, 4) is 39.0 Å². The third-order valence-electron chi connectivity index (χ3n) is 4.94. The van der Waals surface area contributed by atoms with Gasteiger partial charge in [0.25, 0.3) is 0 Å². The Hall–Kier alpha value is -2.71. The molecule has 0 fully saturated rings. The standard InChI is InChI=1S/C24H15FO4S5.2CH4O/c25-20-6-5-15(32-20)19-9-13(11-22(28)29)24(34-19)17-4-3-16(31-17)23-12(10-21(26)27)8-18(33-23)14-2-1-7-30-14;2*1-2/h1-9H,10-11H2,(H,26,27)(H,28,29);2*2H,1H3. The molecule has 0 bridgehead atoms. The second-order valence-electron chi connectivity index (χ2n) is 7.32. The van der Waals surface area contributed by atoms with E-state index in [9.17, 15) is 24.2 Å². The average Bonchev–Trinajstić information content (AvgIpc) is 3.70. The zero-order valence-corrected chi connectivity index (χ0v) is 24.2. The Morgan fingerprint density at radius 3 is 1.58 bits per heavy atom. The minimum Gasteiger partial charge on any atom is -0.481 e. The van der Waals surface area contributed by atoms with Crippen molar-refractivity contribution in [3.63, 3.8) is 0 Å². The van der Waals surface area contributed by atoms with Crippen molar-refractivity contribution in [3.05, 3.63) is 70.2 Å². The van der Waals surface area contributed by atoms with E-state index >= 15 is 0 Å². The molecule has 4 N–H and O–H groups in total. The molecule has 6 nitrogen and oxygen atoms in total. The number of aliphatic carboxylic acids is 2. The maximum absolute atomic E-state index is 13.6. The van der Waals surface area contributed by atoms with Crippen molar-refractivity contribution in [2.75, 3.05) is 14.2 Å². The van der Waals surface area contributed by atoms with Crippen LogP contribution >= 0.6 is 56.7 Å². The molecule has 0 aliphatic rings. The number of hydrogen-bond acceptors (Lipinski definition) is 9. The summed E-state index contributed by atoms with van der Waals surface area (Å²) in [6.45, 7) is 0. The normalized spacial score (nSPS) is 10.3. The maximum atomic E-state index is 13.6. The zero-order valence-electron chi connectivity index (χ0n) is 20.1. The van der Waals surface area contributed by atoms with Crippen LogP contribution < -0.4 is 0 Å². The molecule has 0 radical (unpaired) electrons. The first-order chi connectivity index (χ1) is 18.4. The molecule has 5 rings (SSSR count). The van der Waals surface area contributed by atoms with Crippen LogP contribution in [0.25, 0.3) is 39.0 Å².